The van der Waals surface area contributed by atoms with Gasteiger partial charge in [-0.3, -0.25) is 4.79 Å². The molecule has 1 aliphatic carbocycles. The number of esters is 1. The first-order chi connectivity index (χ1) is 11.6. The Balaban J connectivity index is 1.53. The smallest absolute Gasteiger partial charge is 0.330 e. The Hall–Kier alpha value is -1.53. The number of β-lactam (4-membered cyclic amide) rings is 1. The van der Waals surface area contributed by atoms with Gasteiger partial charge in [-0.15, -0.1) is 11.8 Å². The van der Waals surface area contributed by atoms with Gasteiger partial charge in [0.1, 0.15) is 24.1 Å². The van der Waals surface area contributed by atoms with Crippen LogP contribution in [-0.4, -0.2) is 39.0 Å². The van der Waals surface area contributed by atoms with E-state index in [2.05, 4.69) is 0 Å². The number of ether oxygens (including phenoxy) is 1. The van der Waals surface area contributed by atoms with Crippen LogP contribution >= 0.6 is 11.8 Å². The molecule has 128 valence electrons. The molecule has 6 heteroatoms. The molecule has 2 aliphatic heterocycles. The van der Waals surface area contributed by atoms with E-state index < -0.39 is 12.1 Å². The predicted molar refractivity (Wildman–Crippen MR) is 92.0 cm³/mol. The van der Waals surface area contributed by atoms with E-state index in [0.29, 0.717) is 0 Å². The number of nitrogens with two attached hydrogens (primary N) is 1. The molecule has 3 fully saturated rings. The van der Waals surface area contributed by atoms with Gasteiger partial charge in [-0.1, -0.05) is 49.6 Å². The highest BCUT2D eigenvalue weighted by Crippen LogP contribution is 2.56. The quantitative estimate of drug-likeness (QED) is 0.670. The third-order valence-electron chi connectivity index (χ3n) is 5.40. The van der Waals surface area contributed by atoms with E-state index in [1.807, 2.05) is 30.3 Å². The molecule has 2 N–H and O–H groups in total. The molecule has 24 heavy (non-hydrogen) atoms. The Morgan fingerprint density at radius 2 is 1.96 bits per heavy atom. The first kappa shape index (κ1) is 16.0. The van der Waals surface area contributed by atoms with Gasteiger partial charge in [-0.05, 0) is 18.4 Å². The number of hydrogen-bond acceptors (Lipinski definition) is 5. The van der Waals surface area contributed by atoms with E-state index in [0.717, 1.165) is 31.2 Å². The zero-order chi connectivity index (χ0) is 16.7. The van der Waals surface area contributed by atoms with Crippen molar-refractivity contribution in [2.75, 3.05) is 0 Å². The highest BCUT2D eigenvalue weighted by atomic mass is 32.2. The second-order valence-corrected chi connectivity index (χ2v) is 8.43. The van der Waals surface area contributed by atoms with E-state index in [1.54, 1.807) is 16.7 Å². The first-order valence-corrected chi connectivity index (χ1v) is 9.46. The lowest BCUT2D eigenvalue weighted by atomic mass is 9.81. The summed E-state index contributed by atoms with van der Waals surface area (Å²) in [6.45, 7) is 0.246. The lowest BCUT2D eigenvalue weighted by Crippen LogP contribution is -2.69. The van der Waals surface area contributed by atoms with Crippen LogP contribution in [0.3, 0.4) is 0 Å². The number of benzene rings is 1. The molecular formula is C18H22N2O3S. The molecule has 3 atom stereocenters. The monoisotopic (exact) mass is 346 g/mol. The van der Waals surface area contributed by atoms with Crippen LogP contribution in [0.15, 0.2) is 30.3 Å². The lowest BCUT2D eigenvalue weighted by Gasteiger charge is -2.42. The van der Waals surface area contributed by atoms with E-state index in [1.165, 1.54) is 6.42 Å². The zero-order valence-electron chi connectivity index (χ0n) is 13.5. The minimum absolute atomic E-state index is 0.0649. The van der Waals surface area contributed by atoms with Crippen molar-refractivity contribution in [1.29, 1.82) is 0 Å². The van der Waals surface area contributed by atoms with E-state index >= 15 is 0 Å². The van der Waals surface area contributed by atoms with Crippen LogP contribution < -0.4 is 5.73 Å². The second-order valence-electron chi connectivity index (χ2n) is 6.90. The largest absolute Gasteiger partial charge is 0.459 e. The topological polar surface area (TPSA) is 72.6 Å². The lowest BCUT2D eigenvalue weighted by molar-refractivity contribution is -0.164. The Labute approximate surface area is 145 Å². The SMILES string of the molecule is NC1C(=O)N2C(C(=O)OCc3ccccc3)C3(CCCCC3)S[C@H]12. The van der Waals surface area contributed by atoms with Crippen LogP contribution in [0.1, 0.15) is 37.7 Å². The minimum atomic E-state index is -0.483. The fourth-order valence-electron chi connectivity index (χ4n) is 4.15. The first-order valence-electron chi connectivity index (χ1n) is 8.58. The van der Waals surface area contributed by atoms with Gasteiger partial charge >= 0.3 is 5.97 Å². The van der Waals surface area contributed by atoms with Crippen LogP contribution in [0.25, 0.3) is 0 Å². The summed E-state index contributed by atoms with van der Waals surface area (Å²) in [6.07, 6.45) is 5.29. The number of rotatable bonds is 3. The summed E-state index contributed by atoms with van der Waals surface area (Å²) in [7, 11) is 0. The summed E-state index contributed by atoms with van der Waals surface area (Å²) in [5.74, 6) is -0.396. The molecular weight excluding hydrogens is 324 g/mol. The Bertz CT molecular complexity index is 645. The number of nitrogens with zero attached hydrogens (tertiary/aromatic N) is 1. The summed E-state index contributed by atoms with van der Waals surface area (Å²) < 4.78 is 5.38. The molecule has 4 rings (SSSR count). The van der Waals surface area contributed by atoms with Gasteiger partial charge < -0.3 is 15.4 Å². The number of amides is 1. The predicted octanol–water partition coefficient (Wildman–Crippen LogP) is 2.04. The van der Waals surface area contributed by atoms with Crippen molar-refractivity contribution in [2.24, 2.45) is 5.73 Å². The van der Waals surface area contributed by atoms with Gasteiger partial charge in [0.05, 0.1) is 0 Å². The highest BCUT2D eigenvalue weighted by molar-refractivity contribution is 8.01. The fraction of sp³-hybridized carbons (Fsp3) is 0.556. The molecule has 2 heterocycles. The van der Waals surface area contributed by atoms with E-state index in [4.69, 9.17) is 10.5 Å². The van der Waals surface area contributed by atoms with Gasteiger partial charge in [-0.2, -0.15) is 0 Å². The van der Waals surface area contributed by atoms with E-state index in [9.17, 15) is 9.59 Å². The average Bonchev–Trinajstić information content (AvgIpc) is 2.92. The van der Waals surface area contributed by atoms with Crippen molar-refractivity contribution in [1.82, 2.24) is 4.90 Å². The number of carbonyl (C=O) groups excluding carboxylic acids is 2. The van der Waals surface area contributed by atoms with Crippen molar-refractivity contribution >= 4 is 23.6 Å². The molecule has 0 aromatic heterocycles. The number of hydrogen-bond donors (Lipinski definition) is 1. The van der Waals surface area contributed by atoms with Gasteiger partial charge in [0.2, 0.25) is 5.91 Å². The molecule has 3 aliphatic rings. The van der Waals surface area contributed by atoms with Crippen molar-refractivity contribution in [2.45, 2.75) is 60.9 Å². The van der Waals surface area contributed by atoms with Crippen LogP contribution in [0.4, 0.5) is 0 Å². The van der Waals surface area contributed by atoms with Crippen LogP contribution in [-0.2, 0) is 20.9 Å². The normalized spacial score (nSPS) is 30.8. The van der Waals surface area contributed by atoms with Crippen molar-refractivity contribution < 1.29 is 14.3 Å². The zero-order valence-corrected chi connectivity index (χ0v) is 14.3. The molecule has 0 bridgehead atoms. The summed E-state index contributed by atoms with van der Waals surface area (Å²) >= 11 is 1.73. The molecule has 1 aromatic carbocycles. The third-order valence-corrected chi connectivity index (χ3v) is 7.26. The standard InChI is InChI=1S/C18H22N2O3S/c19-13-15(21)20-14(17(22)23-11-12-7-3-1-4-8-12)18(24-16(13)20)9-5-2-6-10-18/h1,3-4,7-8,13-14,16H,2,5-6,9-11,19H2/t13?,14?,16-/m1/s1. The molecule has 2 unspecified atom stereocenters. The third kappa shape index (κ3) is 2.43. The maximum absolute atomic E-state index is 12.9. The second kappa shape index (κ2) is 6.08. The van der Waals surface area contributed by atoms with Crippen LogP contribution in [0, 0.1) is 0 Å². The Morgan fingerprint density at radius 3 is 2.67 bits per heavy atom. The molecule has 1 amide bonds. The van der Waals surface area contributed by atoms with Crippen molar-refractivity contribution in [3.63, 3.8) is 0 Å². The number of carbonyl (C=O) groups is 2. The van der Waals surface area contributed by atoms with Gasteiger partial charge in [-0.25, -0.2) is 4.79 Å². The van der Waals surface area contributed by atoms with Crippen LogP contribution in [0.5, 0.6) is 0 Å². The Kier molecular flexibility index (Phi) is 4.04. The summed E-state index contributed by atoms with van der Waals surface area (Å²) in [5, 5.41) is -0.0649. The molecule has 1 aromatic rings. The van der Waals surface area contributed by atoms with Gasteiger partial charge in [0.25, 0.3) is 0 Å². The van der Waals surface area contributed by atoms with Gasteiger partial charge in [0, 0.05) is 4.75 Å². The maximum atomic E-state index is 12.9. The number of fused-ring (bicyclic) bond motifs is 1. The molecule has 2 saturated heterocycles. The average molecular weight is 346 g/mol. The molecule has 0 radical (unpaired) electrons. The molecule has 1 spiro atoms. The Morgan fingerprint density at radius 1 is 1.25 bits per heavy atom. The van der Waals surface area contributed by atoms with Crippen LogP contribution in [0.2, 0.25) is 0 Å². The molecule has 1 saturated carbocycles. The molecule has 5 nitrogen and oxygen atoms in total. The van der Waals surface area contributed by atoms with Gasteiger partial charge in [0.15, 0.2) is 0 Å². The fourth-order valence-corrected chi connectivity index (χ4v) is 6.10. The van der Waals surface area contributed by atoms with Crippen molar-refractivity contribution in [3.8, 4) is 0 Å². The summed E-state index contributed by atoms with van der Waals surface area (Å²) in [4.78, 5) is 26.8. The maximum Gasteiger partial charge on any atom is 0.330 e. The summed E-state index contributed by atoms with van der Waals surface area (Å²) in [6, 6.07) is 8.68. The highest BCUT2D eigenvalue weighted by Gasteiger charge is 2.66. The summed E-state index contributed by atoms with van der Waals surface area (Å²) in [5.41, 5.74) is 6.92. The number of thioether (sulfide) groups is 1. The van der Waals surface area contributed by atoms with E-state index in [-0.39, 0.29) is 28.6 Å². The minimum Gasteiger partial charge on any atom is -0.459 e. The van der Waals surface area contributed by atoms with Crippen molar-refractivity contribution in [3.05, 3.63) is 35.9 Å².